The molecule has 108 valence electrons. The normalized spacial score (nSPS) is 21.6. The lowest BCUT2D eigenvalue weighted by atomic mass is 9.80. The maximum atomic E-state index is 6.06. The standard InChI is InChI=1S/C15H17N5O/c16-6-9-4-10(5-9)20-7-11(12-2-1-3-21-12)13-14(17)18-8-19-15(13)20/h1-3,7-10H,4-6,16H2,(H2,17,18,19). The van der Waals surface area contributed by atoms with Crippen LogP contribution in [0, 0.1) is 5.92 Å². The Kier molecular flexibility index (Phi) is 2.71. The van der Waals surface area contributed by atoms with Crippen LogP contribution in [0.4, 0.5) is 5.82 Å². The zero-order chi connectivity index (χ0) is 14.4. The Morgan fingerprint density at radius 2 is 2.19 bits per heavy atom. The monoisotopic (exact) mass is 283 g/mol. The van der Waals surface area contributed by atoms with Crippen molar-refractivity contribution in [2.75, 3.05) is 12.3 Å². The molecule has 3 aromatic heterocycles. The molecule has 6 heteroatoms. The lowest BCUT2D eigenvalue weighted by molar-refractivity contribution is 0.209. The van der Waals surface area contributed by atoms with E-state index in [2.05, 4.69) is 20.7 Å². The Labute approximate surface area is 121 Å². The van der Waals surface area contributed by atoms with Crippen LogP contribution in [0.5, 0.6) is 0 Å². The minimum Gasteiger partial charge on any atom is -0.464 e. The zero-order valence-corrected chi connectivity index (χ0v) is 11.6. The molecule has 6 nitrogen and oxygen atoms in total. The van der Waals surface area contributed by atoms with E-state index in [4.69, 9.17) is 15.9 Å². The van der Waals surface area contributed by atoms with Crippen LogP contribution in [0.3, 0.4) is 0 Å². The third kappa shape index (κ3) is 1.83. The second kappa shape index (κ2) is 4.60. The summed E-state index contributed by atoms with van der Waals surface area (Å²) in [7, 11) is 0. The van der Waals surface area contributed by atoms with Crippen LogP contribution in [-0.2, 0) is 0 Å². The van der Waals surface area contributed by atoms with Crippen LogP contribution < -0.4 is 11.5 Å². The van der Waals surface area contributed by atoms with Gasteiger partial charge in [0.15, 0.2) is 0 Å². The van der Waals surface area contributed by atoms with Crippen molar-refractivity contribution in [2.45, 2.75) is 18.9 Å². The topological polar surface area (TPSA) is 95.9 Å². The van der Waals surface area contributed by atoms with Gasteiger partial charge in [-0.1, -0.05) is 0 Å². The van der Waals surface area contributed by atoms with Crippen molar-refractivity contribution in [2.24, 2.45) is 11.7 Å². The maximum absolute atomic E-state index is 6.06. The number of aromatic nitrogens is 3. The van der Waals surface area contributed by atoms with Gasteiger partial charge in [-0.2, -0.15) is 0 Å². The highest BCUT2D eigenvalue weighted by atomic mass is 16.3. The summed E-state index contributed by atoms with van der Waals surface area (Å²) in [6, 6.07) is 4.22. The van der Waals surface area contributed by atoms with E-state index in [0.29, 0.717) is 17.8 Å². The van der Waals surface area contributed by atoms with Crippen LogP contribution in [0.1, 0.15) is 18.9 Å². The zero-order valence-electron chi connectivity index (χ0n) is 11.6. The Morgan fingerprint density at radius 3 is 2.90 bits per heavy atom. The van der Waals surface area contributed by atoms with E-state index in [0.717, 1.165) is 41.7 Å². The van der Waals surface area contributed by atoms with Gasteiger partial charge in [-0.3, -0.25) is 0 Å². The van der Waals surface area contributed by atoms with Gasteiger partial charge >= 0.3 is 0 Å². The molecule has 21 heavy (non-hydrogen) atoms. The molecule has 0 bridgehead atoms. The molecule has 4 N–H and O–H groups in total. The molecular weight excluding hydrogens is 266 g/mol. The first-order valence-corrected chi connectivity index (χ1v) is 7.13. The van der Waals surface area contributed by atoms with Gasteiger partial charge in [-0.15, -0.1) is 0 Å². The van der Waals surface area contributed by atoms with E-state index < -0.39 is 0 Å². The number of rotatable bonds is 3. The summed E-state index contributed by atoms with van der Waals surface area (Å²) < 4.78 is 7.72. The smallest absolute Gasteiger partial charge is 0.146 e. The van der Waals surface area contributed by atoms with E-state index in [-0.39, 0.29) is 0 Å². The number of hydrogen-bond donors (Lipinski definition) is 2. The summed E-state index contributed by atoms with van der Waals surface area (Å²) in [5.74, 6) is 1.88. The summed E-state index contributed by atoms with van der Waals surface area (Å²) >= 11 is 0. The van der Waals surface area contributed by atoms with Gasteiger partial charge in [0.05, 0.1) is 11.6 Å². The Bertz CT molecular complexity index is 771. The Morgan fingerprint density at radius 1 is 1.33 bits per heavy atom. The molecule has 0 saturated heterocycles. The first kappa shape index (κ1) is 12.4. The molecule has 0 radical (unpaired) electrons. The third-order valence-electron chi connectivity index (χ3n) is 4.36. The van der Waals surface area contributed by atoms with E-state index in [9.17, 15) is 0 Å². The van der Waals surface area contributed by atoms with Crippen molar-refractivity contribution in [1.82, 2.24) is 14.5 Å². The van der Waals surface area contributed by atoms with Gasteiger partial charge in [-0.25, -0.2) is 9.97 Å². The minimum atomic E-state index is 0.430. The highest BCUT2D eigenvalue weighted by Crippen LogP contribution is 2.42. The lowest BCUT2D eigenvalue weighted by Gasteiger charge is -2.35. The molecule has 3 heterocycles. The first-order chi connectivity index (χ1) is 10.3. The van der Waals surface area contributed by atoms with Gasteiger partial charge in [0.25, 0.3) is 0 Å². The quantitative estimate of drug-likeness (QED) is 0.768. The summed E-state index contributed by atoms with van der Waals surface area (Å²) in [5.41, 5.74) is 13.6. The second-order valence-corrected chi connectivity index (χ2v) is 5.61. The predicted molar refractivity (Wildman–Crippen MR) is 80.5 cm³/mol. The lowest BCUT2D eigenvalue weighted by Crippen LogP contribution is -2.31. The van der Waals surface area contributed by atoms with Crippen molar-refractivity contribution in [3.63, 3.8) is 0 Å². The summed E-state index contributed by atoms with van der Waals surface area (Å²) in [6.07, 6.45) is 7.42. The van der Waals surface area contributed by atoms with Crippen LogP contribution >= 0.6 is 0 Å². The first-order valence-electron chi connectivity index (χ1n) is 7.13. The van der Waals surface area contributed by atoms with Gasteiger partial charge in [0, 0.05) is 17.8 Å². The molecule has 0 aliphatic heterocycles. The Balaban J connectivity index is 1.87. The van der Waals surface area contributed by atoms with Gasteiger partial charge in [-0.05, 0) is 37.4 Å². The second-order valence-electron chi connectivity index (χ2n) is 5.61. The summed E-state index contributed by atoms with van der Waals surface area (Å²) in [6.45, 7) is 0.748. The molecule has 1 aliphatic carbocycles. The fourth-order valence-corrected chi connectivity index (χ4v) is 3.13. The van der Waals surface area contributed by atoms with Crippen molar-refractivity contribution >= 4 is 16.9 Å². The molecule has 0 unspecified atom stereocenters. The molecule has 3 aromatic rings. The van der Waals surface area contributed by atoms with Crippen LogP contribution in [-0.4, -0.2) is 21.1 Å². The van der Waals surface area contributed by atoms with Crippen molar-refractivity contribution in [3.8, 4) is 11.3 Å². The van der Waals surface area contributed by atoms with Crippen LogP contribution in [0.25, 0.3) is 22.4 Å². The minimum absolute atomic E-state index is 0.430. The number of anilines is 1. The Hall–Kier alpha value is -2.34. The van der Waals surface area contributed by atoms with Crippen molar-refractivity contribution in [1.29, 1.82) is 0 Å². The average Bonchev–Trinajstić information content (AvgIpc) is 3.06. The molecule has 0 aromatic carbocycles. The number of nitrogen functional groups attached to an aromatic ring is 1. The van der Waals surface area contributed by atoms with Crippen molar-refractivity contribution in [3.05, 3.63) is 30.9 Å². The average molecular weight is 283 g/mol. The molecule has 1 saturated carbocycles. The van der Waals surface area contributed by atoms with E-state index in [1.807, 2.05) is 12.1 Å². The predicted octanol–water partition coefficient (Wildman–Crippen LogP) is 2.18. The van der Waals surface area contributed by atoms with E-state index >= 15 is 0 Å². The fraction of sp³-hybridized carbons (Fsp3) is 0.333. The third-order valence-corrected chi connectivity index (χ3v) is 4.36. The highest BCUT2D eigenvalue weighted by Gasteiger charge is 2.31. The SMILES string of the molecule is NCC1CC(n2cc(-c3ccco3)c3c(N)ncnc32)C1. The molecule has 0 amide bonds. The highest BCUT2D eigenvalue weighted by molar-refractivity contribution is 5.99. The largest absolute Gasteiger partial charge is 0.464 e. The molecule has 4 rings (SSSR count). The van der Waals surface area contributed by atoms with E-state index in [1.54, 1.807) is 6.26 Å². The van der Waals surface area contributed by atoms with Crippen molar-refractivity contribution < 1.29 is 4.42 Å². The molecule has 0 atom stereocenters. The van der Waals surface area contributed by atoms with Crippen LogP contribution in [0.2, 0.25) is 0 Å². The number of fused-ring (bicyclic) bond motifs is 1. The number of nitrogens with zero attached hydrogens (tertiary/aromatic N) is 3. The van der Waals surface area contributed by atoms with Gasteiger partial charge < -0.3 is 20.5 Å². The number of hydrogen-bond acceptors (Lipinski definition) is 5. The summed E-state index contributed by atoms with van der Waals surface area (Å²) in [4.78, 5) is 8.54. The molecule has 1 fully saturated rings. The molecule has 0 spiro atoms. The molecule has 1 aliphatic rings. The maximum Gasteiger partial charge on any atom is 0.146 e. The number of furan rings is 1. The fourth-order valence-electron chi connectivity index (χ4n) is 3.13. The number of nitrogens with two attached hydrogens (primary N) is 2. The van der Waals surface area contributed by atoms with Gasteiger partial charge in [0.2, 0.25) is 0 Å². The van der Waals surface area contributed by atoms with Gasteiger partial charge in [0.1, 0.15) is 23.6 Å². The van der Waals surface area contributed by atoms with E-state index in [1.165, 1.54) is 6.33 Å². The summed E-state index contributed by atoms with van der Waals surface area (Å²) in [5, 5.41) is 0.864. The van der Waals surface area contributed by atoms with Crippen LogP contribution in [0.15, 0.2) is 35.3 Å². The molecular formula is C15H17N5O.